The van der Waals surface area contributed by atoms with E-state index in [0.29, 0.717) is 48.0 Å². The molecule has 0 saturated heterocycles. The maximum atomic E-state index is 13.6. The summed E-state index contributed by atoms with van der Waals surface area (Å²) in [7, 11) is 1.78. The zero-order valence-electron chi connectivity index (χ0n) is 20.7. The van der Waals surface area contributed by atoms with Crippen molar-refractivity contribution < 1.29 is 13.9 Å². The zero-order valence-corrected chi connectivity index (χ0v) is 20.7. The van der Waals surface area contributed by atoms with Crippen LogP contribution in [-0.2, 0) is 6.54 Å². The lowest BCUT2D eigenvalue weighted by molar-refractivity contribution is 0.0859. The molecule has 1 fully saturated rings. The van der Waals surface area contributed by atoms with Crippen molar-refractivity contribution in [1.82, 2.24) is 19.7 Å². The topological polar surface area (TPSA) is 75.8 Å². The molecule has 0 radical (unpaired) electrons. The maximum Gasteiger partial charge on any atom is 0.269 e. The van der Waals surface area contributed by atoms with E-state index in [0.717, 1.165) is 30.4 Å². The molecule has 2 unspecified atom stereocenters. The van der Waals surface area contributed by atoms with Crippen molar-refractivity contribution >= 4 is 17.7 Å². The number of aromatic nitrogens is 3. The van der Waals surface area contributed by atoms with E-state index >= 15 is 0 Å². The Balaban J connectivity index is 1.37. The molecule has 2 aliphatic heterocycles. The van der Waals surface area contributed by atoms with Crippen molar-refractivity contribution in [3.8, 4) is 17.1 Å². The molecule has 1 amide bonds. The van der Waals surface area contributed by atoms with Gasteiger partial charge in [-0.1, -0.05) is 44.2 Å². The number of aliphatic imine (C=N–C) groups is 1. The first kappa shape index (κ1) is 22.7. The van der Waals surface area contributed by atoms with E-state index < -0.39 is 5.95 Å². The van der Waals surface area contributed by atoms with Crippen molar-refractivity contribution in [2.45, 2.75) is 51.7 Å². The number of halogens is 1. The largest absolute Gasteiger partial charge is 0.477 e. The van der Waals surface area contributed by atoms with Gasteiger partial charge in [-0.05, 0) is 42.9 Å². The highest BCUT2D eigenvalue weighted by Crippen LogP contribution is 2.43. The van der Waals surface area contributed by atoms with Crippen molar-refractivity contribution in [1.29, 1.82) is 0 Å². The highest BCUT2D eigenvalue weighted by atomic mass is 19.1. The van der Waals surface area contributed by atoms with Gasteiger partial charge in [-0.3, -0.25) is 14.6 Å². The number of rotatable bonds is 6. The molecule has 8 nitrogen and oxygen atoms in total. The fourth-order valence-corrected chi connectivity index (χ4v) is 5.30. The molecule has 4 heterocycles. The van der Waals surface area contributed by atoms with Gasteiger partial charge in [0.15, 0.2) is 5.82 Å². The maximum absolute atomic E-state index is 13.6. The molecule has 9 heteroatoms. The van der Waals surface area contributed by atoms with Crippen LogP contribution in [0.25, 0.3) is 11.3 Å². The molecule has 2 atom stereocenters. The van der Waals surface area contributed by atoms with E-state index in [1.165, 1.54) is 6.07 Å². The Morgan fingerprint density at radius 1 is 1.14 bits per heavy atom. The molecule has 6 rings (SSSR count). The second-order valence-corrected chi connectivity index (χ2v) is 10.1. The van der Waals surface area contributed by atoms with Crippen LogP contribution in [0.2, 0.25) is 0 Å². The van der Waals surface area contributed by atoms with Crippen LogP contribution in [0, 0.1) is 11.9 Å². The molecular formula is C27H29FN6O2. The summed E-state index contributed by atoms with van der Waals surface area (Å²) in [5.41, 5.74) is 2.90. The van der Waals surface area contributed by atoms with Gasteiger partial charge < -0.3 is 4.74 Å². The second-order valence-electron chi connectivity index (χ2n) is 10.1. The van der Waals surface area contributed by atoms with Crippen molar-refractivity contribution in [3.05, 3.63) is 59.5 Å². The van der Waals surface area contributed by atoms with Crippen molar-refractivity contribution in [2.75, 3.05) is 18.6 Å². The first-order valence-electron chi connectivity index (χ1n) is 12.5. The Kier molecular flexibility index (Phi) is 5.50. The smallest absolute Gasteiger partial charge is 0.269 e. The highest BCUT2D eigenvalue weighted by molar-refractivity contribution is 6.19. The van der Waals surface area contributed by atoms with Gasteiger partial charge in [0.2, 0.25) is 17.8 Å². The van der Waals surface area contributed by atoms with E-state index in [1.807, 2.05) is 24.3 Å². The molecule has 0 bridgehead atoms. The van der Waals surface area contributed by atoms with Gasteiger partial charge in [0.1, 0.15) is 5.56 Å². The monoisotopic (exact) mass is 488 g/mol. The zero-order chi connectivity index (χ0) is 25.0. The summed E-state index contributed by atoms with van der Waals surface area (Å²) in [5.74, 6) is 1.47. The van der Waals surface area contributed by atoms with Crippen LogP contribution in [0.1, 0.15) is 49.0 Å². The number of ether oxygens (including phenoxy) is 1. The molecule has 1 aromatic carbocycles. The number of carbonyl (C=O) groups excluding carboxylic acids is 1. The molecule has 1 aliphatic carbocycles. The number of anilines is 1. The minimum atomic E-state index is -0.505. The third-order valence-electron chi connectivity index (χ3n) is 7.06. The molecular weight excluding hydrogens is 459 g/mol. The standard InChI is InChI=1S/C27H29FN6O2/c1-16(2)15-36-26-23-24(34-21-8-4-7-20(21)30-27(34)32(3)25(23)35)31-33(26)14-17-10-12-18(13-11-17)19-6-5-9-22(28)29-19/h5-6,9-13,16,20-21H,4,7-8,14-15H2,1-3H3. The summed E-state index contributed by atoms with van der Waals surface area (Å²) in [6.07, 6.45) is 3.19. The summed E-state index contributed by atoms with van der Waals surface area (Å²) in [4.78, 5) is 26.1. The molecule has 0 spiro atoms. The Labute approximate surface area is 209 Å². The number of benzene rings is 1. The summed E-state index contributed by atoms with van der Waals surface area (Å²) in [6.45, 7) is 5.07. The molecule has 1 saturated carbocycles. The van der Waals surface area contributed by atoms with E-state index in [-0.39, 0.29) is 18.0 Å². The number of fused-ring (bicyclic) bond motifs is 5. The lowest BCUT2D eigenvalue weighted by atomic mass is 10.1. The first-order chi connectivity index (χ1) is 17.4. The number of hydrogen-bond donors (Lipinski definition) is 0. The normalized spacial score (nSPS) is 20.5. The van der Waals surface area contributed by atoms with Gasteiger partial charge in [-0.2, -0.15) is 9.49 Å². The van der Waals surface area contributed by atoms with Crippen LogP contribution >= 0.6 is 0 Å². The quantitative estimate of drug-likeness (QED) is 0.482. The second kappa shape index (κ2) is 8.72. The summed E-state index contributed by atoms with van der Waals surface area (Å²) >= 11 is 0. The summed E-state index contributed by atoms with van der Waals surface area (Å²) in [5, 5.41) is 4.93. The van der Waals surface area contributed by atoms with Crippen LogP contribution < -0.4 is 9.64 Å². The lowest BCUT2D eigenvalue weighted by Crippen LogP contribution is -2.51. The van der Waals surface area contributed by atoms with Crippen molar-refractivity contribution in [3.63, 3.8) is 0 Å². The minimum absolute atomic E-state index is 0.141. The first-order valence-corrected chi connectivity index (χ1v) is 12.5. The van der Waals surface area contributed by atoms with E-state index in [4.69, 9.17) is 14.8 Å². The van der Waals surface area contributed by atoms with Crippen LogP contribution in [0.3, 0.4) is 0 Å². The number of nitrogens with zero attached hydrogens (tertiary/aromatic N) is 6. The molecule has 2 aromatic heterocycles. The van der Waals surface area contributed by atoms with Crippen molar-refractivity contribution in [2.24, 2.45) is 10.9 Å². The van der Waals surface area contributed by atoms with Crippen LogP contribution in [0.5, 0.6) is 5.88 Å². The minimum Gasteiger partial charge on any atom is -0.477 e. The molecule has 0 N–H and O–H groups in total. The average molecular weight is 489 g/mol. The summed E-state index contributed by atoms with van der Waals surface area (Å²) < 4.78 is 21.6. The highest BCUT2D eigenvalue weighted by Gasteiger charge is 2.49. The fraction of sp³-hybridized carbons (Fsp3) is 0.407. The predicted octanol–water partition coefficient (Wildman–Crippen LogP) is 4.35. The number of pyridine rings is 1. The average Bonchev–Trinajstić information content (AvgIpc) is 3.55. The number of amides is 1. The van der Waals surface area contributed by atoms with Gasteiger partial charge in [-0.25, -0.2) is 14.7 Å². The van der Waals surface area contributed by atoms with Gasteiger partial charge in [0.25, 0.3) is 5.91 Å². The fourth-order valence-electron chi connectivity index (χ4n) is 5.30. The molecule has 3 aliphatic rings. The van der Waals surface area contributed by atoms with Gasteiger partial charge in [-0.15, -0.1) is 0 Å². The molecule has 3 aromatic rings. The Morgan fingerprint density at radius 2 is 1.94 bits per heavy atom. The Morgan fingerprint density at radius 3 is 2.69 bits per heavy atom. The van der Waals surface area contributed by atoms with E-state index in [1.54, 1.807) is 28.8 Å². The van der Waals surface area contributed by atoms with E-state index in [2.05, 4.69) is 23.7 Å². The van der Waals surface area contributed by atoms with Crippen LogP contribution in [-0.4, -0.2) is 57.3 Å². The number of carbonyl (C=O) groups is 1. The lowest BCUT2D eigenvalue weighted by Gasteiger charge is -2.33. The Bertz CT molecular complexity index is 1350. The van der Waals surface area contributed by atoms with Gasteiger partial charge in [0.05, 0.1) is 30.9 Å². The van der Waals surface area contributed by atoms with Gasteiger partial charge >= 0.3 is 0 Å². The SMILES string of the molecule is CC(C)COc1c2c(nn1Cc1ccc(-c3cccc(F)n3)cc1)N1C(=NC3CCCC31)N(C)C2=O. The number of hydrogen-bond acceptors (Lipinski definition) is 6. The summed E-state index contributed by atoms with van der Waals surface area (Å²) in [6, 6.07) is 13.0. The third kappa shape index (κ3) is 3.73. The third-order valence-corrected chi connectivity index (χ3v) is 7.06. The Hall–Kier alpha value is -3.75. The number of guanidine groups is 1. The van der Waals surface area contributed by atoms with Crippen LogP contribution in [0.15, 0.2) is 47.5 Å². The molecule has 186 valence electrons. The molecule has 36 heavy (non-hydrogen) atoms. The van der Waals surface area contributed by atoms with Gasteiger partial charge in [0, 0.05) is 12.6 Å². The van der Waals surface area contributed by atoms with E-state index in [9.17, 15) is 9.18 Å². The van der Waals surface area contributed by atoms with Crippen LogP contribution in [0.4, 0.5) is 10.2 Å². The predicted molar refractivity (Wildman–Crippen MR) is 135 cm³/mol.